The smallest absolute Gasteiger partial charge is 0.277 e. The van der Waals surface area contributed by atoms with Gasteiger partial charge in [0.05, 0.1) is 25.9 Å². The standard InChI is InChI=1S/C23H23N5O4S/c1-13(2)32-15-7-5-14(6-8-15)22-24-18(12-33-22)21(29)26-23-25-20(27-28-23)17-10-9-16(30-3)11-19(17)31-4/h5-13H,1-4H3,(H2,25,26,27,28,29). The fraction of sp³-hybridized carbons (Fsp3) is 0.217. The molecule has 2 heterocycles. The van der Waals surface area contributed by atoms with Gasteiger partial charge in [0, 0.05) is 17.0 Å². The molecule has 0 aliphatic rings. The van der Waals surface area contributed by atoms with Crippen molar-refractivity contribution < 1.29 is 19.0 Å². The van der Waals surface area contributed by atoms with Gasteiger partial charge in [0.1, 0.15) is 28.0 Å². The molecule has 0 atom stereocenters. The quantitative estimate of drug-likeness (QED) is 0.389. The Hall–Kier alpha value is -3.92. The first-order valence-corrected chi connectivity index (χ1v) is 11.0. The molecular formula is C23H23N5O4S. The molecular weight excluding hydrogens is 442 g/mol. The van der Waals surface area contributed by atoms with Crippen LogP contribution in [0.4, 0.5) is 5.95 Å². The third kappa shape index (κ3) is 5.12. The number of methoxy groups -OCH3 is 2. The van der Waals surface area contributed by atoms with Crippen molar-refractivity contribution in [3.05, 3.63) is 53.5 Å². The molecule has 0 fully saturated rings. The van der Waals surface area contributed by atoms with E-state index < -0.39 is 5.91 Å². The lowest BCUT2D eigenvalue weighted by molar-refractivity contribution is 0.102. The van der Waals surface area contributed by atoms with Gasteiger partial charge in [0.15, 0.2) is 5.82 Å². The molecule has 0 spiro atoms. The van der Waals surface area contributed by atoms with E-state index in [0.29, 0.717) is 22.9 Å². The van der Waals surface area contributed by atoms with Crippen LogP contribution in [0, 0.1) is 0 Å². The van der Waals surface area contributed by atoms with Crippen LogP contribution in [0.2, 0.25) is 0 Å². The van der Waals surface area contributed by atoms with Gasteiger partial charge in [-0.2, -0.15) is 4.98 Å². The number of aromatic amines is 1. The monoisotopic (exact) mass is 465 g/mol. The summed E-state index contributed by atoms with van der Waals surface area (Å²) in [4.78, 5) is 21.5. The summed E-state index contributed by atoms with van der Waals surface area (Å²) in [5.74, 6) is 2.20. The number of amides is 1. The lowest BCUT2D eigenvalue weighted by Crippen LogP contribution is -2.13. The number of anilines is 1. The van der Waals surface area contributed by atoms with E-state index in [-0.39, 0.29) is 17.7 Å². The van der Waals surface area contributed by atoms with Crippen molar-refractivity contribution in [2.75, 3.05) is 19.5 Å². The number of rotatable bonds is 8. The van der Waals surface area contributed by atoms with Gasteiger partial charge in [-0.3, -0.25) is 15.2 Å². The second-order valence-electron chi connectivity index (χ2n) is 7.26. The Morgan fingerprint density at radius 3 is 2.48 bits per heavy atom. The summed E-state index contributed by atoms with van der Waals surface area (Å²) in [7, 11) is 3.14. The molecule has 0 aliphatic carbocycles. The molecule has 0 radical (unpaired) electrons. The number of nitrogens with one attached hydrogen (secondary N) is 2. The van der Waals surface area contributed by atoms with Crippen molar-refractivity contribution in [2.45, 2.75) is 20.0 Å². The molecule has 10 heteroatoms. The highest BCUT2D eigenvalue weighted by atomic mass is 32.1. The van der Waals surface area contributed by atoms with Gasteiger partial charge in [-0.1, -0.05) is 0 Å². The third-order valence-corrected chi connectivity index (χ3v) is 5.48. The highest BCUT2D eigenvalue weighted by molar-refractivity contribution is 7.13. The maximum absolute atomic E-state index is 12.7. The lowest BCUT2D eigenvalue weighted by atomic mass is 10.2. The van der Waals surface area contributed by atoms with Crippen molar-refractivity contribution in [1.82, 2.24) is 20.2 Å². The Bertz CT molecular complexity index is 1250. The highest BCUT2D eigenvalue weighted by Gasteiger charge is 2.17. The van der Waals surface area contributed by atoms with E-state index in [2.05, 4.69) is 25.5 Å². The number of hydrogen-bond acceptors (Lipinski definition) is 8. The maximum Gasteiger partial charge on any atom is 0.277 e. The molecule has 2 aromatic carbocycles. The normalized spacial score (nSPS) is 10.8. The zero-order valence-electron chi connectivity index (χ0n) is 18.6. The number of ether oxygens (including phenoxy) is 3. The molecule has 1 amide bonds. The molecule has 0 saturated carbocycles. The summed E-state index contributed by atoms with van der Waals surface area (Å²) in [5, 5.41) is 12.0. The molecule has 0 bridgehead atoms. The van der Waals surface area contributed by atoms with Gasteiger partial charge in [-0.15, -0.1) is 16.4 Å². The number of thiazole rings is 1. The molecule has 0 unspecified atom stereocenters. The van der Waals surface area contributed by atoms with Gasteiger partial charge >= 0.3 is 0 Å². The van der Waals surface area contributed by atoms with Crippen molar-refractivity contribution in [2.24, 2.45) is 0 Å². The highest BCUT2D eigenvalue weighted by Crippen LogP contribution is 2.32. The van der Waals surface area contributed by atoms with E-state index in [4.69, 9.17) is 14.2 Å². The van der Waals surface area contributed by atoms with Gasteiger partial charge in [-0.05, 0) is 50.2 Å². The van der Waals surface area contributed by atoms with Crippen molar-refractivity contribution in [3.8, 4) is 39.2 Å². The van der Waals surface area contributed by atoms with Gasteiger partial charge in [0.25, 0.3) is 5.91 Å². The van der Waals surface area contributed by atoms with Crippen LogP contribution in [0.3, 0.4) is 0 Å². The van der Waals surface area contributed by atoms with Crippen molar-refractivity contribution in [1.29, 1.82) is 0 Å². The van der Waals surface area contributed by atoms with Gasteiger partial charge in [-0.25, -0.2) is 4.98 Å². The summed E-state index contributed by atoms with van der Waals surface area (Å²) in [5.41, 5.74) is 1.87. The van der Waals surface area contributed by atoms with Crippen LogP contribution in [0.1, 0.15) is 24.3 Å². The first kappa shape index (κ1) is 22.3. The average Bonchev–Trinajstić information content (AvgIpc) is 3.49. The minimum absolute atomic E-state index is 0.105. The maximum atomic E-state index is 12.7. The Balaban J connectivity index is 1.46. The second-order valence-corrected chi connectivity index (χ2v) is 8.11. The van der Waals surface area contributed by atoms with E-state index >= 15 is 0 Å². The van der Waals surface area contributed by atoms with Crippen LogP contribution in [0.15, 0.2) is 47.8 Å². The molecule has 33 heavy (non-hydrogen) atoms. The molecule has 4 rings (SSSR count). The Kier molecular flexibility index (Phi) is 6.55. The molecule has 2 N–H and O–H groups in total. The minimum atomic E-state index is -0.399. The fourth-order valence-corrected chi connectivity index (χ4v) is 3.86. The van der Waals surface area contributed by atoms with Crippen LogP contribution in [-0.4, -0.2) is 46.4 Å². The first-order chi connectivity index (χ1) is 16.0. The topological polar surface area (TPSA) is 111 Å². The predicted molar refractivity (Wildman–Crippen MR) is 126 cm³/mol. The zero-order valence-corrected chi connectivity index (χ0v) is 19.4. The number of H-pyrrole nitrogens is 1. The van der Waals surface area contributed by atoms with E-state index in [9.17, 15) is 4.79 Å². The number of carbonyl (C=O) groups is 1. The van der Waals surface area contributed by atoms with E-state index in [1.54, 1.807) is 37.8 Å². The van der Waals surface area contributed by atoms with Crippen LogP contribution in [-0.2, 0) is 0 Å². The average molecular weight is 466 g/mol. The SMILES string of the molecule is COc1ccc(-c2nc(NC(=O)c3csc(-c4ccc(OC(C)C)cc4)n3)n[nH]2)c(OC)c1. The van der Waals surface area contributed by atoms with Gasteiger partial charge < -0.3 is 14.2 Å². The van der Waals surface area contributed by atoms with Gasteiger partial charge in [0.2, 0.25) is 5.95 Å². The molecule has 170 valence electrons. The van der Waals surface area contributed by atoms with Crippen molar-refractivity contribution in [3.63, 3.8) is 0 Å². The predicted octanol–water partition coefficient (Wildman–Crippen LogP) is 4.65. The summed E-state index contributed by atoms with van der Waals surface area (Å²) < 4.78 is 16.3. The van der Waals surface area contributed by atoms with Crippen LogP contribution in [0.25, 0.3) is 22.0 Å². The van der Waals surface area contributed by atoms with Crippen LogP contribution in [0.5, 0.6) is 17.2 Å². The fourth-order valence-electron chi connectivity index (χ4n) is 3.06. The second kappa shape index (κ2) is 9.70. The number of nitrogens with zero attached hydrogens (tertiary/aromatic N) is 3. The molecule has 0 aliphatic heterocycles. The largest absolute Gasteiger partial charge is 0.497 e. The minimum Gasteiger partial charge on any atom is -0.497 e. The first-order valence-electron chi connectivity index (χ1n) is 10.2. The summed E-state index contributed by atoms with van der Waals surface area (Å²) in [6.07, 6.45) is 0.105. The zero-order chi connectivity index (χ0) is 23.4. The Morgan fingerprint density at radius 2 is 1.79 bits per heavy atom. The van der Waals surface area contributed by atoms with Crippen LogP contribution >= 0.6 is 11.3 Å². The van der Waals surface area contributed by atoms with Crippen molar-refractivity contribution >= 4 is 23.2 Å². The summed E-state index contributed by atoms with van der Waals surface area (Å²) >= 11 is 1.38. The molecule has 2 aromatic heterocycles. The number of aromatic nitrogens is 4. The van der Waals surface area contributed by atoms with E-state index in [0.717, 1.165) is 16.3 Å². The summed E-state index contributed by atoms with van der Waals surface area (Å²) in [6, 6.07) is 12.9. The lowest BCUT2D eigenvalue weighted by Gasteiger charge is -2.09. The molecule has 4 aromatic rings. The number of hydrogen-bond donors (Lipinski definition) is 2. The molecule has 9 nitrogen and oxygen atoms in total. The van der Waals surface area contributed by atoms with E-state index in [1.807, 2.05) is 38.1 Å². The van der Waals surface area contributed by atoms with Crippen LogP contribution < -0.4 is 19.5 Å². The molecule has 0 saturated heterocycles. The Morgan fingerprint density at radius 1 is 1.03 bits per heavy atom. The summed E-state index contributed by atoms with van der Waals surface area (Å²) in [6.45, 7) is 3.95. The number of carbonyl (C=O) groups excluding carboxylic acids is 1. The number of benzene rings is 2. The van der Waals surface area contributed by atoms with E-state index in [1.165, 1.54) is 11.3 Å². The Labute approximate surface area is 194 Å². The third-order valence-electron chi connectivity index (χ3n) is 4.58.